The Balaban J connectivity index is 1.13. The maximum absolute atomic E-state index is 6.89. The van der Waals surface area contributed by atoms with Crippen molar-refractivity contribution in [3.63, 3.8) is 0 Å². The van der Waals surface area contributed by atoms with Crippen LogP contribution in [0.15, 0.2) is 132 Å². The maximum atomic E-state index is 6.89. The third-order valence-corrected chi connectivity index (χ3v) is 10.9. The number of aryl methyl sites for hydroxylation is 3. The van der Waals surface area contributed by atoms with Crippen molar-refractivity contribution in [3.8, 4) is 17.3 Å². The van der Waals surface area contributed by atoms with Crippen LogP contribution in [0.1, 0.15) is 43.0 Å². The number of pyridine rings is 2. The Morgan fingerprint density at radius 2 is 1.38 bits per heavy atom. The lowest BCUT2D eigenvalue weighted by molar-refractivity contribution is 0.484. The summed E-state index contributed by atoms with van der Waals surface area (Å²) >= 11 is 0. The fourth-order valence-electron chi connectivity index (χ4n) is 8.52. The van der Waals surface area contributed by atoms with Crippen LogP contribution in [-0.2, 0) is 5.41 Å². The third kappa shape index (κ3) is 5.33. The van der Waals surface area contributed by atoms with E-state index in [-0.39, 0.29) is 5.41 Å². The van der Waals surface area contributed by atoms with Gasteiger partial charge in [0.2, 0.25) is 0 Å². The smallest absolute Gasteiger partial charge is 0.159 e. The fraction of sp³-hybridized carbons (Fsp3) is 0.167. The van der Waals surface area contributed by atoms with E-state index in [9.17, 15) is 0 Å². The molecule has 7 heteroatoms. The van der Waals surface area contributed by atoms with Crippen molar-refractivity contribution in [1.29, 1.82) is 0 Å². The van der Waals surface area contributed by atoms with E-state index >= 15 is 0 Å². The van der Waals surface area contributed by atoms with E-state index in [1.54, 1.807) is 0 Å². The van der Waals surface area contributed by atoms with Crippen LogP contribution in [0, 0.1) is 20.8 Å². The van der Waals surface area contributed by atoms with Crippen LogP contribution >= 0.6 is 0 Å². The third-order valence-electron chi connectivity index (χ3n) is 10.9. The monoisotopic (exact) mass is 719 g/mol. The molecule has 1 aliphatic rings. The van der Waals surface area contributed by atoms with Gasteiger partial charge in [0.25, 0.3) is 0 Å². The molecule has 0 spiro atoms. The normalized spacial score (nSPS) is 13.1. The minimum atomic E-state index is -0.0153. The van der Waals surface area contributed by atoms with E-state index < -0.39 is 0 Å². The molecule has 0 aliphatic carbocycles. The molecular formula is C48H41N5O2. The number of hydrogen-bond donors (Lipinski definition) is 0. The summed E-state index contributed by atoms with van der Waals surface area (Å²) in [7, 11) is 0. The molecule has 5 aromatic carbocycles. The van der Waals surface area contributed by atoms with E-state index in [4.69, 9.17) is 19.1 Å². The average molecular weight is 720 g/mol. The number of ether oxygens (including phenoxy) is 1. The zero-order valence-corrected chi connectivity index (χ0v) is 31.9. The summed E-state index contributed by atoms with van der Waals surface area (Å²) in [6, 6.07) is 40.2. The molecule has 0 saturated heterocycles. The zero-order valence-electron chi connectivity index (χ0n) is 31.9. The number of anilines is 4. The van der Waals surface area contributed by atoms with Crippen molar-refractivity contribution in [2.24, 2.45) is 0 Å². The number of fused-ring (bicyclic) bond motifs is 7. The summed E-state index contributed by atoms with van der Waals surface area (Å²) in [6.07, 6.45) is 3.78. The predicted octanol–water partition coefficient (Wildman–Crippen LogP) is 12.7. The average Bonchev–Trinajstić information content (AvgIpc) is 3.84. The molecule has 0 unspecified atom stereocenters. The summed E-state index contributed by atoms with van der Waals surface area (Å²) in [5.74, 6) is 3.20. The molecule has 0 radical (unpaired) electrons. The SMILES string of the molecule is Cc1cc(C)c(N2CN(c3cc(Oc4ccc5c6ccccc6n(-c6cc(C(C)(C)C)ccn6)c5c4)cc4c3oc3ccccc34)c3ncccc32)c(C)c1. The van der Waals surface area contributed by atoms with Gasteiger partial charge in [-0.3, -0.25) is 4.57 Å². The molecule has 0 bridgehead atoms. The first-order chi connectivity index (χ1) is 26.6. The molecule has 270 valence electrons. The van der Waals surface area contributed by atoms with E-state index in [1.807, 2.05) is 30.6 Å². The second-order valence-electron chi connectivity index (χ2n) is 15.8. The maximum Gasteiger partial charge on any atom is 0.159 e. The number of benzene rings is 5. The van der Waals surface area contributed by atoms with Gasteiger partial charge >= 0.3 is 0 Å². The van der Waals surface area contributed by atoms with Crippen molar-refractivity contribution in [2.75, 3.05) is 16.5 Å². The Morgan fingerprint density at radius 1 is 0.618 bits per heavy atom. The first kappa shape index (κ1) is 33.0. The lowest BCUT2D eigenvalue weighted by Gasteiger charge is -2.25. The Labute approximate surface area is 320 Å². The molecule has 10 rings (SSSR count). The van der Waals surface area contributed by atoms with Gasteiger partial charge in [-0.25, -0.2) is 9.97 Å². The summed E-state index contributed by atoms with van der Waals surface area (Å²) in [6.45, 7) is 13.8. The first-order valence-electron chi connectivity index (χ1n) is 18.8. The van der Waals surface area contributed by atoms with Gasteiger partial charge in [0.05, 0.1) is 22.4 Å². The molecule has 0 saturated carbocycles. The first-order valence-corrected chi connectivity index (χ1v) is 18.8. The van der Waals surface area contributed by atoms with Crippen LogP contribution in [0.4, 0.5) is 22.9 Å². The largest absolute Gasteiger partial charge is 0.457 e. The van der Waals surface area contributed by atoms with Crippen LogP contribution in [-0.4, -0.2) is 21.2 Å². The molecular weight excluding hydrogens is 679 g/mol. The standard InChI is InChI=1S/C48H41N5O2/c1-29-22-30(2)45(31(3)23-29)51-28-52(47-40(51)15-11-20-50-47)42-27-34(25-38-37-13-8-10-16-43(37)55-46(38)42)54-33-17-18-36-35-12-7-9-14-39(35)53(41(36)26-33)44-24-32(19-21-49-44)48(4,5)6/h7-27H,28H2,1-6H3. The van der Waals surface area contributed by atoms with Crippen LogP contribution in [0.2, 0.25) is 0 Å². The molecule has 9 aromatic rings. The lowest BCUT2D eigenvalue weighted by Crippen LogP contribution is -2.25. The number of nitrogens with zero attached hydrogens (tertiary/aromatic N) is 5. The molecule has 5 heterocycles. The van der Waals surface area contributed by atoms with Crippen molar-refractivity contribution in [1.82, 2.24) is 14.5 Å². The highest BCUT2D eigenvalue weighted by molar-refractivity contribution is 6.11. The topological polar surface area (TPSA) is 59.6 Å². The molecule has 55 heavy (non-hydrogen) atoms. The number of rotatable bonds is 5. The highest BCUT2D eigenvalue weighted by Gasteiger charge is 2.33. The van der Waals surface area contributed by atoms with Crippen LogP contribution < -0.4 is 14.5 Å². The highest BCUT2D eigenvalue weighted by atomic mass is 16.5. The Morgan fingerprint density at radius 3 is 2.20 bits per heavy atom. The fourth-order valence-corrected chi connectivity index (χ4v) is 8.52. The summed E-state index contributed by atoms with van der Waals surface area (Å²) in [5.41, 5.74) is 11.8. The minimum Gasteiger partial charge on any atom is -0.457 e. The predicted molar refractivity (Wildman–Crippen MR) is 225 cm³/mol. The molecule has 0 N–H and O–H groups in total. The zero-order chi connectivity index (χ0) is 37.6. The number of para-hydroxylation sites is 2. The second-order valence-corrected chi connectivity index (χ2v) is 15.8. The Kier molecular flexibility index (Phi) is 7.33. The van der Waals surface area contributed by atoms with E-state index in [1.165, 1.54) is 33.3 Å². The van der Waals surface area contributed by atoms with Gasteiger partial charge in [-0.2, -0.15) is 0 Å². The van der Waals surface area contributed by atoms with Gasteiger partial charge in [0, 0.05) is 51.8 Å². The van der Waals surface area contributed by atoms with Crippen LogP contribution in [0.5, 0.6) is 11.5 Å². The van der Waals surface area contributed by atoms with Crippen LogP contribution in [0.3, 0.4) is 0 Å². The molecule has 0 amide bonds. The number of furan rings is 1. The van der Waals surface area contributed by atoms with Gasteiger partial charge in [-0.15, -0.1) is 0 Å². The van der Waals surface area contributed by atoms with Gasteiger partial charge < -0.3 is 19.0 Å². The van der Waals surface area contributed by atoms with Gasteiger partial charge in [-0.1, -0.05) is 74.9 Å². The van der Waals surface area contributed by atoms with Crippen LogP contribution in [0.25, 0.3) is 49.6 Å². The van der Waals surface area contributed by atoms with Crippen molar-refractivity contribution in [2.45, 2.75) is 47.0 Å². The quantitative estimate of drug-likeness (QED) is 0.176. The Hall–Kier alpha value is -6.60. The van der Waals surface area contributed by atoms with Crippen molar-refractivity contribution >= 4 is 66.6 Å². The van der Waals surface area contributed by atoms with Gasteiger partial charge in [-0.05, 0) is 97.5 Å². The lowest BCUT2D eigenvalue weighted by atomic mass is 9.88. The van der Waals surface area contributed by atoms with E-state index in [0.717, 1.165) is 67.1 Å². The highest BCUT2D eigenvalue weighted by Crippen LogP contribution is 2.49. The van der Waals surface area contributed by atoms with Crippen molar-refractivity contribution < 1.29 is 9.15 Å². The summed E-state index contributed by atoms with van der Waals surface area (Å²) in [4.78, 5) is 14.4. The molecule has 7 nitrogen and oxygen atoms in total. The van der Waals surface area contributed by atoms with E-state index in [0.29, 0.717) is 12.4 Å². The van der Waals surface area contributed by atoms with E-state index in [2.05, 4.69) is 153 Å². The number of aromatic nitrogens is 3. The second kappa shape index (κ2) is 12.2. The molecule has 0 atom stereocenters. The number of hydrogen-bond acceptors (Lipinski definition) is 6. The summed E-state index contributed by atoms with van der Waals surface area (Å²) < 4.78 is 15.8. The van der Waals surface area contributed by atoms with Gasteiger partial charge in [0.1, 0.15) is 29.6 Å². The van der Waals surface area contributed by atoms with Gasteiger partial charge in [0.15, 0.2) is 11.4 Å². The summed E-state index contributed by atoms with van der Waals surface area (Å²) in [5, 5.41) is 4.33. The Bertz CT molecular complexity index is 2960. The molecule has 1 aliphatic heterocycles. The molecule has 0 fully saturated rings. The molecule has 4 aromatic heterocycles. The minimum absolute atomic E-state index is 0.0153. The van der Waals surface area contributed by atoms with Crippen molar-refractivity contribution in [3.05, 3.63) is 150 Å².